The lowest BCUT2D eigenvalue weighted by atomic mass is 9.99. The molecule has 4 aromatic carbocycles. The molecule has 0 radical (unpaired) electrons. The Kier molecular flexibility index (Phi) is 7.36. The van der Waals surface area contributed by atoms with E-state index in [9.17, 15) is 9.90 Å². The summed E-state index contributed by atoms with van der Waals surface area (Å²) in [4.78, 5) is 20.9. The summed E-state index contributed by atoms with van der Waals surface area (Å²) in [6, 6.07) is 29.4. The SMILES string of the molecule is O=C(O)c1ccc(N2CCN(Cc3ccccc3-c3ccc(Cl)cc3)CC2)cc1Oc1cccc2cnccc12. The Hall–Kier alpha value is -4.39. The number of pyridine rings is 1. The van der Waals surface area contributed by atoms with Crippen LogP contribution in [0.15, 0.2) is 103 Å². The molecule has 1 aliphatic rings. The van der Waals surface area contributed by atoms with E-state index in [-0.39, 0.29) is 5.56 Å². The molecular formula is C33H28ClN3O3. The number of fused-ring (bicyclic) bond motifs is 1. The lowest BCUT2D eigenvalue weighted by Crippen LogP contribution is -2.46. The van der Waals surface area contributed by atoms with Gasteiger partial charge in [0.25, 0.3) is 0 Å². The van der Waals surface area contributed by atoms with Crippen molar-refractivity contribution in [2.45, 2.75) is 6.54 Å². The minimum Gasteiger partial charge on any atom is -0.478 e. The number of anilines is 1. The van der Waals surface area contributed by atoms with Crippen LogP contribution < -0.4 is 9.64 Å². The fourth-order valence-electron chi connectivity index (χ4n) is 5.24. The van der Waals surface area contributed by atoms with E-state index in [2.05, 4.69) is 51.2 Å². The average Bonchev–Trinajstić information content (AvgIpc) is 2.98. The number of hydrogen-bond donors (Lipinski definition) is 1. The number of carbonyl (C=O) groups is 1. The van der Waals surface area contributed by atoms with Gasteiger partial charge >= 0.3 is 5.97 Å². The van der Waals surface area contributed by atoms with Crippen LogP contribution >= 0.6 is 11.6 Å². The van der Waals surface area contributed by atoms with E-state index in [1.807, 2.05) is 48.5 Å². The molecule has 1 saturated heterocycles. The molecule has 200 valence electrons. The highest BCUT2D eigenvalue weighted by Crippen LogP contribution is 2.34. The molecule has 6 rings (SSSR count). The van der Waals surface area contributed by atoms with Gasteiger partial charge in [-0.25, -0.2) is 4.79 Å². The van der Waals surface area contributed by atoms with E-state index < -0.39 is 5.97 Å². The molecule has 5 aromatic rings. The number of carboxylic acid groups (broad SMARTS) is 1. The molecular weight excluding hydrogens is 522 g/mol. The van der Waals surface area contributed by atoms with Gasteiger partial charge in [-0.2, -0.15) is 0 Å². The zero-order valence-corrected chi connectivity index (χ0v) is 22.6. The predicted octanol–water partition coefficient (Wildman–Crippen LogP) is 7.37. The second-order valence-corrected chi connectivity index (χ2v) is 10.3. The van der Waals surface area contributed by atoms with Crippen LogP contribution in [0.1, 0.15) is 15.9 Å². The topological polar surface area (TPSA) is 65.9 Å². The maximum atomic E-state index is 12.0. The second kappa shape index (κ2) is 11.4. The Bertz CT molecular complexity index is 1660. The lowest BCUT2D eigenvalue weighted by Gasteiger charge is -2.36. The Morgan fingerprint density at radius 2 is 1.68 bits per heavy atom. The third-order valence-electron chi connectivity index (χ3n) is 7.36. The summed E-state index contributed by atoms with van der Waals surface area (Å²) in [6.07, 6.45) is 3.47. The van der Waals surface area contributed by atoms with Gasteiger partial charge in [-0.1, -0.05) is 60.1 Å². The van der Waals surface area contributed by atoms with Gasteiger partial charge in [-0.05, 0) is 53.1 Å². The van der Waals surface area contributed by atoms with Crippen LogP contribution in [0.3, 0.4) is 0 Å². The molecule has 1 aliphatic heterocycles. The average molecular weight is 550 g/mol. The standard InChI is InChI=1S/C33H28ClN3O3/c34-26-10-8-23(9-11-26)28-6-2-1-4-25(28)22-36-16-18-37(19-17-36)27-12-13-30(33(38)39)32(20-27)40-31-7-3-5-24-21-35-15-14-29(24)31/h1-15,20-21H,16-19,22H2,(H,38,39). The summed E-state index contributed by atoms with van der Waals surface area (Å²) >= 11 is 6.10. The molecule has 0 bridgehead atoms. The fourth-order valence-corrected chi connectivity index (χ4v) is 5.37. The molecule has 0 aliphatic carbocycles. The van der Waals surface area contributed by atoms with Crippen molar-refractivity contribution >= 4 is 34.0 Å². The first-order valence-corrected chi connectivity index (χ1v) is 13.6. The van der Waals surface area contributed by atoms with Crippen molar-refractivity contribution in [1.82, 2.24) is 9.88 Å². The van der Waals surface area contributed by atoms with Gasteiger partial charge in [0, 0.05) is 72.7 Å². The molecule has 1 N–H and O–H groups in total. The molecule has 0 amide bonds. The first-order valence-electron chi connectivity index (χ1n) is 13.2. The highest BCUT2D eigenvalue weighted by molar-refractivity contribution is 6.30. The third kappa shape index (κ3) is 5.50. The van der Waals surface area contributed by atoms with E-state index in [1.165, 1.54) is 11.1 Å². The van der Waals surface area contributed by atoms with Crippen molar-refractivity contribution in [1.29, 1.82) is 0 Å². The van der Waals surface area contributed by atoms with Crippen LogP contribution in [0.4, 0.5) is 5.69 Å². The minimum atomic E-state index is -1.02. The largest absolute Gasteiger partial charge is 0.478 e. The van der Waals surface area contributed by atoms with E-state index >= 15 is 0 Å². The molecule has 1 aromatic heterocycles. The van der Waals surface area contributed by atoms with Crippen molar-refractivity contribution in [3.05, 3.63) is 120 Å². The Balaban J connectivity index is 1.18. The maximum Gasteiger partial charge on any atom is 0.339 e. The van der Waals surface area contributed by atoms with Gasteiger partial charge in [-0.3, -0.25) is 9.88 Å². The number of rotatable bonds is 7. The van der Waals surface area contributed by atoms with Crippen molar-refractivity contribution in [3.8, 4) is 22.6 Å². The Morgan fingerprint density at radius 3 is 2.48 bits per heavy atom. The second-order valence-electron chi connectivity index (χ2n) is 9.87. The first-order chi connectivity index (χ1) is 19.5. The van der Waals surface area contributed by atoms with Crippen molar-refractivity contribution < 1.29 is 14.6 Å². The van der Waals surface area contributed by atoms with Gasteiger partial charge in [0.05, 0.1) is 0 Å². The molecule has 1 fully saturated rings. The highest BCUT2D eigenvalue weighted by Gasteiger charge is 2.21. The number of benzene rings is 4. The maximum absolute atomic E-state index is 12.0. The summed E-state index contributed by atoms with van der Waals surface area (Å²) < 4.78 is 6.22. The summed E-state index contributed by atoms with van der Waals surface area (Å²) in [7, 11) is 0. The number of carboxylic acids is 1. The number of ether oxygens (including phenoxy) is 1. The van der Waals surface area contributed by atoms with Gasteiger partial charge < -0.3 is 14.7 Å². The van der Waals surface area contributed by atoms with E-state index in [1.54, 1.807) is 18.5 Å². The Morgan fingerprint density at radius 1 is 0.875 bits per heavy atom. The van der Waals surface area contributed by atoms with Gasteiger partial charge in [0.1, 0.15) is 17.1 Å². The van der Waals surface area contributed by atoms with Crippen LogP contribution in [-0.4, -0.2) is 47.1 Å². The van der Waals surface area contributed by atoms with Crippen LogP contribution in [-0.2, 0) is 6.54 Å². The zero-order chi connectivity index (χ0) is 27.5. The molecule has 0 saturated carbocycles. The summed E-state index contributed by atoms with van der Waals surface area (Å²) in [5, 5.41) is 12.4. The van der Waals surface area contributed by atoms with E-state index in [4.69, 9.17) is 16.3 Å². The van der Waals surface area contributed by atoms with Crippen molar-refractivity contribution in [2.24, 2.45) is 0 Å². The number of aromatic nitrogens is 1. The van der Waals surface area contributed by atoms with Crippen molar-refractivity contribution in [3.63, 3.8) is 0 Å². The van der Waals surface area contributed by atoms with Crippen LogP contribution in [0.25, 0.3) is 21.9 Å². The zero-order valence-electron chi connectivity index (χ0n) is 21.8. The van der Waals surface area contributed by atoms with Crippen LogP contribution in [0.2, 0.25) is 5.02 Å². The smallest absolute Gasteiger partial charge is 0.339 e. The van der Waals surface area contributed by atoms with E-state index in [0.717, 1.165) is 59.8 Å². The summed E-state index contributed by atoms with van der Waals surface area (Å²) in [5.41, 5.74) is 4.74. The molecule has 0 atom stereocenters. The number of piperazine rings is 1. The monoisotopic (exact) mass is 549 g/mol. The number of hydrogen-bond acceptors (Lipinski definition) is 5. The summed E-state index contributed by atoms with van der Waals surface area (Å²) in [6.45, 7) is 4.29. The predicted molar refractivity (Wildman–Crippen MR) is 160 cm³/mol. The molecule has 2 heterocycles. The summed E-state index contributed by atoms with van der Waals surface area (Å²) in [5.74, 6) is -0.0926. The molecule has 6 nitrogen and oxygen atoms in total. The highest BCUT2D eigenvalue weighted by atomic mass is 35.5. The normalized spacial score (nSPS) is 13.9. The van der Waals surface area contributed by atoms with Gasteiger partial charge in [0.2, 0.25) is 0 Å². The quantitative estimate of drug-likeness (QED) is 0.229. The van der Waals surface area contributed by atoms with Crippen molar-refractivity contribution in [2.75, 3.05) is 31.1 Å². The molecule has 40 heavy (non-hydrogen) atoms. The van der Waals surface area contributed by atoms with Crippen LogP contribution in [0.5, 0.6) is 11.5 Å². The van der Waals surface area contributed by atoms with Crippen LogP contribution in [0, 0.1) is 0 Å². The molecule has 7 heteroatoms. The third-order valence-corrected chi connectivity index (χ3v) is 7.61. The van der Waals surface area contributed by atoms with E-state index in [0.29, 0.717) is 11.5 Å². The minimum absolute atomic E-state index is 0.132. The fraction of sp³-hybridized carbons (Fsp3) is 0.152. The molecule has 0 spiro atoms. The number of nitrogens with zero attached hydrogens (tertiary/aromatic N) is 3. The molecule has 0 unspecified atom stereocenters. The number of halogens is 1. The lowest BCUT2D eigenvalue weighted by molar-refractivity contribution is 0.0694. The Labute approximate surface area is 238 Å². The van der Waals surface area contributed by atoms with Gasteiger partial charge in [-0.15, -0.1) is 0 Å². The van der Waals surface area contributed by atoms with Gasteiger partial charge in [0.15, 0.2) is 0 Å². The number of aromatic carboxylic acids is 1. The first kappa shape index (κ1) is 25.9.